The van der Waals surface area contributed by atoms with Crippen LogP contribution in [0.1, 0.15) is 18.4 Å². The molecule has 1 aromatic heterocycles. The van der Waals surface area contributed by atoms with Gasteiger partial charge in [-0.25, -0.2) is 8.78 Å². The average molecular weight is 204 g/mol. The van der Waals surface area contributed by atoms with Crippen LogP contribution < -0.4 is 0 Å². The van der Waals surface area contributed by atoms with Crippen LogP contribution in [0.25, 0.3) is 0 Å². The lowest BCUT2D eigenvalue weighted by Crippen LogP contribution is -2.17. The number of hydrogen-bond donors (Lipinski definition) is 0. The standard InChI is InChI=1S/C9H8ClF2N/c10-7-5-13-4-1-6(7)9(2-3-9)8(11)12/h1,4-5,8H,2-3H2. The van der Waals surface area contributed by atoms with Crippen molar-refractivity contribution in [3.8, 4) is 0 Å². The Labute approximate surface area is 79.7 Å². The third kappa shape index (κ3) is 1.31. The highest BCUT2D eigenvalue weighted by Gasteiger charge is 2.53. The Kier molecular flexibility index (Phi) is 1.99. The number of nitrogens with zero attached hydrogens (tertiary/aromatic N) is 1. The monoisotopic (exact) mass is 203 g/mol. The molecule has 0 unspecified atom stereocenters. The van der Waals surface area contributed by atoms with Crippen LogP contribution in [0.3, 0.4) is 0 Å². The molecule has 0 aliphatic heterocycles. The quantitative estimate of drug-likeness (QED) is 0.720. The smallest absolute Gasteiger partial charge is 0.248 e. The number of alkyl halides is 2. The summed E-state index contributed by atoms with van der Waals surface area (Å²) in [4.78, 5) is 3.77. The molecule has 1 saturated carbocycles. The summed E-state index contributed by atoms with van der Waals surface area (Å²) in [6, 6.07) is 1.58. The first-order valence-corrected chi connectivity index (χ1v) is 4.43. The van der Waals surface area contributed by atoms with Crippen LogP contribution in [-0.4, -0.2) is 11.4 Å². The van der Waals surface area contributed by atoms with Gasteiger partial charge in [-0.1, -0.05) is 11.6 Å². The number of pyridine rings is 1. The van der Waals surface area contributed by atoms with Gasteiger partial charge >= 0.3 is 0 Å². The van der Waals surface area contributed by atoms with Crippen LogP contribution in [0.2, 0.25) is 5.02 Å². The summed E-state index contributed by atoms with van der Waals surface area (Å²) < 4.78 is 25.3. The lowest BCUT2D eigenvalue weighted by molar-refractivity contribution is 0.102. The summed E-state index contributed by atoms with van der Waals surface area (Å²) in [5.41, 5.74) is -0.431. The van der Waals surface area contributed by atoms with Crippen molar-refractivity contribution in [3.63, 3.8) is 0 Å². The van der Waals surface area contributed by atoms with Gasteiger partial charge in [-0.3, -0.25) is 4.98 Å². The molecular weight excluding hydrogens is 196 g/mol. The van der Waals surface area contributed by atoms with Crippen molar-refractivity contribution in [2.45, 2.75) is 24.7 Å². The number of halogens is 3. The normalized spacial score (nSPS) is 19.1. The zero-order chi connectivity index (χ0) is 9.47. The zero-order valence-electron chi connectivity index (χ0n) is 6.80. The zero-order valence-corrected chi connectivity index (χ0v) is 7.56. The molecule has 1 aromatic rings. The molecule has 0 N–H and O–H groups in total. The van der Waals surface area contributed by atoms with E-state index in [1.165, 1.54) is 12.4 Å². The van der Waals surface area contributed by atoms with Gasteiger partial charge < -0.3 is 0 Å². The Morgan fingerprint density at radius 3 is 2.62 bits per heavy atom. The van der Waals surface area contributed by atoms with Crippen molar-refractivity contribution >= 4 is 11.6 Å². The molecule has 0 spiro atoms. The van der Waals surface area contributed by atoms with Crippen LogP contribution >= 0.6 is 11.6 Å². The molecular formula is C9H8ClF2N. The molecule has 1 nitrogen and oxygen atoms in total. The van der Waals surface area contributed by atoms with Gasteiger partial charge in [0.2, 0.25) is 6.43 Å². The second-order valence-electron chi connectivity index (χ2n) is 3.31. The minimum absolute atomic E-state index is 0.348. The fraction of sp³-hybridized carbons (Fsp3) is 0.444. The Morgan fingerprint density at radius 1 is 1.46 bits per heavy atom. The van der Waals surface area contributed by atoms with E-state index in [0.717, 1.165) is 0 Å². The fourth-order valence-electron chi connectivity index (χ4n) is 1.52. The summed E-state index contributed by atoms with van der Waals surface area (Å²) in [7, 11) is 0. The Bertz CT molecular complexity index is 323. The maximum atomic E-state index is 12.7. The molecule has 1 fully saturated rings. The van der Waals surface area contributed by atoms with Gasteiger partial charge in [0.05, 0.1) is 10.4 Å². The molecule has 4 heteroatoms. The molecule has 0 bridgehead atoms. The highest BCUT2D eigenvalue weighted by atomic mass is 35.5. The molecule has 0 radical (unpaired) electrons. The van der Waals surface area contributed by atoms with Crippen LogP contribution in [-0.2, 0) is 5.41 Å². The molecule has 0 atom stereocenters. The summed E-state index contributed by atoms with van der Waals surface area (Å²) in [5.74, 6) is 0. The molecule has 1 heterocycles. The molecule has 0 saturated heterocycles. The van der Waals surface area contributed by atoms with E-state index < -0.39 is 11.8 Å². The van der Waals surface area contributed by atoms with E-state index in [4.69, 9.17) is 11.6 Å². The van der Waals surface area contributed by atoms with E-state index in [-0.39, 0.29) is 0 Å². The maximum Gasteiger partial charge on any atom is 0.248 e. The third-order valence-electron chi connectivity index (χ3n) is 2.52. The lowest BCUT2D eigenvalue weighted by atomic mass is 9.98. The summed E-state index contributed by atoms with van der Waals surface area (Å²) in [6.07, 6.45) is 1.64. The minimum Gasteiger partial charge on any atom is -0.263 e. The first-order valence-electron chi connectivity index (χ1n) is 4.05. The van der Waals surface area contributed by atoms with Gasteiger partial charge in [0, 0.05) is 12.4 Å². The van der Waals surface area contributed by atoms with E-state index in [1.807, 2.05) is 0 Å². The van der Waals surface area contributed by atoms with Crippen LogP contribution in [0.15, 0.2) is 18.5 Å². The van der Waals surface area contributed by atoms with E-state index in [2.05, 4.69) is 4.98 Å². The Morgan fingerprint density at radius 2 is 2.15 bits per heavy atom. The van der Waals surface area contributed by atoms with Gasteiger partial charge in [-0.2, -0.15) is 0 Å². The summed E-state index contributed by atoms with van der Waals surface area (Å²) in [6.45, 7) is 0. The highest BCUT2D eigenvalue weighted by Crippen LogP contribution is 2.54. The van der Waals surface area contributed by atoms with Crippen molar-refractivity contribution in [3.05, 3.63) is 29.0 Å². The second kappa shape index (κ2) is 2.91. The Balaban J connectivity index is 2.41. The Hall–Kier alpha value is -0.700. The van der Waals surface area contributed by atoms with Gasteiger partial charge in [0.25, 0.3) is 0 Å². The summed E-state index contributed by atoms with van der Waals surface area (Å²) >= 11 is 5.80. The van der Waals surface area contributed by atoms with E-state index in [0.29, 0.717) is 23.4 Å². The first kappa shape index (κ1) is 8.88. The van der Waals surface area contributed by atoms with Gasteiger partial charge in [0.15, 0.2) is 0 Å². The average Bonchev–Trinajstić information content (AvgIpc) is 2.85. The second-order valence-corrected chi connectivity index (χ2v) is 3.72. The molecule has 1 aliphatic carbocycles. The van der Waals surface area contributed by atoms with Crippen molar-refractivity contribution < 1.29 is 8.78 Å². The fourth-order valence-corrected chi connectivity index (χ4v) is 1.83. The molecule has 2 rings (SSSR count). The van der Waals surface area contributed by atoms with Gasteiger partial charge in [-0.15, -0.1) is 0 Å². The van der Waals surface area contributed by atoms with Crippen molar-refractivity contribution in [1.82, 2.24) is 4.98 Å². The molecule has 1 aliphatic rings. The maximum absolute atomic E-state index is 12.7. The van der Waals surface area contributed by atoms with Gasteiger partial charge in [-0.05, 0) is 24.5 Å². The lowest BCUT2D eigenvalue weighted by Gasteiger charge is -2.15. The van der Waals surface area contributed by atoms with Crippen LogP contribution in [0.5, 0.6) is 0 Å². The van der Waals surface area contributed by atoms with Crippen LogP contribution in [0.4, 0.5) is 8.78 Å². The number of hydrogen-bond acceptors (Lipinski definition) is 1. The highest BCUT2D eigenvalue weighted by molar-refractivity contribution is 6.31. The number of rotatable bonds is 2. The van der Waals surface area contributed by atoms with Gasteiger partial charge in [0.1, 0.15) is 0 Å². The van der Waals surface area contributed by atoms with Crippen molar-refractivity contribution in [2.24, 2.45) is 0 Å². The largest absolute Gasteiger partial charge is 0.263 e. The van der Waals surface area contributed by atoms with E-state index in [1.54, 1.807) is 6.07 Å². The number of aromatic nitrogens is 1. The molecule has 0 aromatic carbocycles. The molecule has 70 valence electrons. The van der Waals surface area contributed by atoms with E-state index >= 15 is 0 Å². The molecule has 13 heavy (non-hydrogen) atoms. The topological polar surface area (TPSA) is 12.9 Å². The third-order valence-corrected chi connectivity index (χ3v) is 2.82. The van der Waals surface area contributed by atoms with Crippen molar-refractivity contribution in [2.75, 3.05) is 0 Å². The first-order chi connectivity index (χ1) is 6.17. The minimum atomic E-state index is -2.33. The predicted octanol–water partition coefficient (Wildman–Crippen LogP) is 3.03. The van der Waals surface area contributed by atoms with Crippen LogP contribution in [0, 0.1) is 0 Å². The molecule has 0 amide bonds. The predicted molar refractivity (Wildman–Crippen MR) is 46.2 cm³/mol. The SMILES string of the molecule is FC(F)C1(c2ccncc2Cl)CC1. The summed E-state index contributed by atoms with van der Waals surface area (Å²) in [5, 5.41) is 0.348. The van der Waals surface area contributed by atoms with E-state index in [9.17, 15) is 8.78 Å². The van der Waals surface area contributed by atoms with Crippen molar-refractivity contribution in [1.29, 1.82) is 0 Å².